The predicted octanol–water partition coefficient (Wildman–Crippen LogP) is 1.95. The van der Waals surface area contributed by atoms with Gasteiger partial charge >= 0.3 is 5.97 Å². The summed E-state index contributed by atoms with van der Waals surface area (Å²) >= 11 is 5.34. The summed E-state index contributed by atoms with van der Waals surface area (Å²) in [6, 6.07) is 0.720. The Bertz CT molecular complexity index is 384. The number of alkyl halides is 2. The summed E-state index contributed by atoms with van der Waals surface area (Å²) in [5, 5.41) is 8.07. The monoisotopic (exact) mass is 222 g/mol. The first-order chi connectivity index (χ1) is 6.43. The minimum absolute atomic E-state index is 0.382. The molecule has 3 N–H and O–H groups in total. The molecular weight excluding hydrogens is 218 g/mol. The van der Waals surface area contributed by atoms with E-state index in [1.165, 1.54) is 0 Å². The fraction of sp³-hybridized carbons (Fsp3) is 0.143. The third-order valence-electron chi connectivity index (χ3n) is 1.50. The van der Waals surface area contributed by atoms with Crippen LogP contribution < -0.4 is 5.73 Å². The quantitative estimate of drug-likeness (QED) is 0.750. The molecule has 7 heteroatoms. The lowest BCUT2D eigenvalue weighted by molar-refractivity contribution is 0.0697. The second-order valence-electron chi connectivity index (χ2n) is 2.41. The number of carboxylic acids is 1. The number of hydrogen-bond donors (Lipinski definition) is 2. The van der Waals surface area contributed by atoms with Gasteiger partial charge in [-0.15, -0.1) is 0 Å². The van der Waals surface area contributed by atoms with E-state index in [9.17, 15) is 13.6 Å². The van der Waals surface area contributed by atoms with E-state index in [-0.39, 0.29) is 5.82 Å². The number of nitrogen functional groups attached to an aromatic ring is 1. The Morgan fingerprint density at radius 1 is 1.64 bits per heavy atom. The molecule has 0 bridgehead atoms. The molecular formula is C7H5ClF2N2O2. The van der Waals surface area contributed by atoms with E-state index in [4.69, 9.17) is 22.4 Å². The molecule has 0 spiro atoms. The normalized spacial score (nSPS) is 10.6. The Hall–Kier alpha value is -1.43. The molecule has 1 aromatic heterocycles. The van der Waals surface area contributed by atoms with Crippen molar-refractivity contribution in [3.05, 3.63) is 22.3 Å². The Labute approximate surface area is 82.3 Å². The molecule has 0 saturated heterocycles. The summed E-state index contributed by atoms with van der Waals surface area (Å²) in [7, 11) is 0. The Morgan fingerprint density at radius 3 is 2.64 bits per heavy atom. The molecule has 14 heavy (non-hydrogen) atoms. The summed E-state index contributed by atoms with van der Waals surface area (Å²) in [6.07, 6.45) is -2.88. The fourth-order valence-corrected chi connectivity index (χ4v) is 1.07. The summed E-state index contributed by atoms with van der Waals surface area (Å²) < 4.78 is 24.5. The van der Waals surface area contributed by atoms with Gasteiger partial charge in [0.15, 0.2) is 0 Å². The van der Waals surface area contributed by atoms with E-state index in [1.807, 2.05) is 0 Å². The minimum Gasteiger partial charge on any atom is -0.478 e. The minimum atomic E-state index is -2.88. The smallest absolute Gasteiger partial charge is 0.339 e. The molecule has 1 heterocycles. The van der Waals surface area contributed by atoms with E-state index in [1.54, 1.807) is 0 Å². The van der Waals surface area contributed by atoms with Gasteiger partial charge in [-0.25, -0.2) is 18.6 Å². The van der Waals surface area contributed by atoms with Gasteiger partial charge in [-0.3, -0.25) is 0 Å². The Balaban J connectivity index is 3.34. The lowest BCUT2D eigenvalue weighted by Crippen LogP contribution is -2.06. The second-order valence-corrected chi connectivity index (χ2v) is 2.77. The van der Waals surface area contributed by atoms with E-state index < -0.39 is 28.7 Å². The van der Waals surface area contributed by atoms with Gasteiger partial charge in [-0.1, -0.05) is 11.6 Å². The first kappa shape index (κ1) is 10.6. The van der Waals surface area contributed by atoms with Crippen LogP contribution in [0.1, 0.15) is 22.3 Å². The SMILES string of the molecule is Nc1nc(Cl)c(C(F)F)cc1C(=O)O. The molecule has 0 aliphatic carbocycles. The van der Waals surface area contributed by atoms with Crippen molar-refractivity contribution in [2.45, 2.75) is 6.43 Å². The van der Waals surface area contributed by atoms with E-state index >= 15 is 0 Å². The highest BCUT2D eigenvalue weighted by Crippen LogP contribution is 2.28. The number of aromatic carboxylic acids is 1. The van der Waals surface area contributed by atoms with E-state index in [0.29, 0.717) is 0 Å². The van der Waals surface area contributed by atoms with Gasteiger partial charge in [0.1, 0.15) is 16.5 Å². The molecule has 1 aromatic rings. The molecule has 0 radical (unpaired) electrons. The highest BCUT2D eigenvalue weighted by atomic mass is 35.5. The average Bonchev–Trinajstić information content (AvgIpc) is 2.02. The van der Waals surface area contributed by atoms with Gasteiger partial charge in [-0.05, 0) is 6.07 Å². The summed E-state index contributed by atoms with van der Waals surface area (Å²) in [4.78, 5) is 13.8. The van der Waals surface area contributed by atoms with Gasteiger partial charge in [0.25, 0.3) is 6.43 Å². The topological polar surface area (TPSA) is 76.2 Å². The van der Waals surface area contributed by atoms with Gasteiger partial charge < -0.3 is 10.8 Å². The summed E-state index contributed by atoms with van der Waals surface area (Å²) in [6.45, 7) is 0. The van der Waals surface area contributed by atoms with Crippen molar-refractivity contribution < 1.29 is 18.7 Å². The summed E-state index contributed by atoms with van der Waals surface area (Å²) in [5.74, 6) is -1.81. The maximum Gasteiger partial charge on any atom is 0.339 e. The number of nitrogens with two attached hydrogens (primary N) is 1. The lowest BCUT2D eigenvalue weighted by Gasteiger charge is -2.05. The molecule has 0 atom stereocenters. The zero-order chi connectivity index (χ0) is 10.9. The van der Waals surface area contributed by atoms with Crippen molar-refractivity contribution in [2.75, 3.05) is 5.73 Å². The Morgan fingerprint density at radius 2 is 2.21 bits per heavy atom. The van der Waals surface area contributed by atoms with Crippen LogP contribution in [0.2, 0.25) is 5.15 Å². The molecule has 1 rings (SSSR count). The highest BCUT2D eigenvalue weighted by molar-refractivity contribution is 6.30. The molecule has 0 fully saturated rings. The second kappa shape index (κ2) is 3.75. The number of rotatable bonds is 2. The van der Waals surface area contributed by atoms with Gasteiger partial charge in [0.05, 0.1) is 5.56 Å². The number of anilines is 1. The van der Waals surface area contributed by atoms with Gasteiger partial charge in [0, 0.05) is 0 Å². The fourth-order valence-electron chi connectivity index (χ4n) is 0.844. The zero-order valence-corrected chi connectivity index (χ0v) is 7.42. The van der Waals surface area contributed by atoms with Crippen LogP contribution in [0, 0.1) is 0 Å². The van der Waals surface area contributed by atoms with Crippen LogP contribution in [0.3, 0.4) is 0 Å². The van der Waals surface area contributed by atoms with Crippen LogP contribution in [0.4, 0.5) is 14.6 Å². The number of carbonyl (C=O) groups is 1. The zero-order valence-electron chi connectivity index (χ0n) is 6.67. The van der Waals surface area contributed by atoms with Crippen molar-refractivity contribution in [3.63, 3.8) is 0 Å². The highest BCUT2D eigenvalue weighted by Gasteiger charge is 2.19. The van der Waals surface area contributed by atoms with E-state index in [2.05, 4.69) is 4.98 Å². The number of aromatic nitrogens is 1. The standard InChI is InChI=1S/C7H5ClF2N2O2/c8-4-2(5(9)10)1-3(7(13)14)6(11)12-4/h1,5H,(H2,11,12)(H,13,14). The molecule has 0 aromatic carbocycles. The molecule has 0 unspecified atom stereocenters. The molecule has 0 saturated carbocycles. The van der Waals surface area contributed by atoms with Crippen LogP contribution in [0.15, 0.2) is 6.07 Å². The van der Waals surface area contributed by atoms with Crippen LogP contribution in [0.25, 0.3) is 0 Å². The van der Waals surface area contributed by atoms with Crippen molar-refractivity contribution in [3.8, 4) is 0 Å². The number of hydrogen-bond acceptors (Lipinski definition) is 3. The van der Waals surface area contributed by atoms with Crippen molar-refractivity contribution in [1.82, 2.24) is 4.98 Å². The maximum atomic E-state index is 12.2. The van der Waals surface area contributed by atoms with Crippen LogP contribution >= 0.6 is 11.6 Å². The molecule has 76 valence electrons. The number of halogens is 3. The number of nitrogens with zero attached hydrogens (tertiary/aromatic N) is 1. The third kappa shape index (κ3) is 1.90. The Kier molecular flexibility index (Phi) is 2.85. The van der Waals surface area contributed by atoms with Crippen LogP contribution in [-0.2, 0) is 0 Å². The molecule has 0 amide bonds. The largest absolute Gasteiger partial charge is 0.478 e. The van der Waals surface area contributed by atoms with Crippen molar-refractivity contribution in [2.24, 2.45) is 0 Å². The first-order valence-electron chi connectivity index (χ1n) is 3.41. The van der Waals surface area contributed by atoms with Gasteiger partial charge in [-0.2, -0.15) is 0 Å². The summed E-state index contributed by atoms with van der Waals surface area (Å²) in [5.41, 5.74) is 4.05. The molecule has 0 aliphatic rings. The van der Waals surface area contributed by atoms with Crippen LogP contribution in [0.5, 0.6) is 0 Å². The maximum absolute atomic E-state index is 12.2. The molecule has 4 nitrogen and oxygen atoms in total. The number of carboxylic acid groups (broad SMARTS) is 1. The molecule has 0 aliphatic heterocycles. The van der Waals surface area contributed by atoms with Crippen molar-refractivity contribution in [1.29, 1.82) is 0 Å². The lowest BCUT2D eigenvalue weighted by atomic mass is 10.2. The average molecular weight is 223 g/mol. The van der Waals surface area contributed by atoms with Gasteiger partial charge in [0.2, 0.25) is 0 Å². The number of pyridine rings is 1. The predicted molar refractivity (Wildman–Crippen MR) is 45.6 cm³/mol. The third-order valence-corrected chi connectivity index (χ3v) is 1.80. The van der Waals surface area contributed by atoms with E-state index in [0.717, 1.165) is 6.07 Å². The van der Waals surface area contributed by atoms with Crippen LogP contribution in [-0.4, -0.2) is 16.1 Å². The van der Waals surface area contributed by atoms with Crippen molar-refractivity contribution >= 4 is 23.4 Å². The first-order valence-corrected chi connectivity index (χ1v) is 3.78.